The molecular weight excluding hydrogens is 399 g/mol. The molecule has 2 aromatic carbocycles. The van der Waals surface area contributed by atoms with Crippen LogP contribution in [0.15, 0.2) is 36.4 Å². The van der Waals surface area contributed by atoms with Gasteiger partial charge < -0.3 is 15.5 Å². The van der Waals surface area contributed by atoms with Gasteiger partial charge in [0.2, 0.25) is 10.0 Å². The SMILES string of the molecule is C[C@H](NCc1cc(Cl)cc(Cl)c1)[C@H](O)c1cccc(NS(C)(=O)=O)c1O. The first kappa shape index (κ1) is 20.8. The van der Waals surface area contributed by atoms with Gasteiger partial charge in [0.25, 0.3) is 0 Å². The number of hydrogen-bond acceptors (Lipinski definition) is 5. The molecule has 0 unspecified atom stereocenters. The van der Waals surface area contributed by atoms with Crippen LogP contribution in [0.4, 0.5) is 5.69 Å². The van der Waals surface area contributed by atoms with Crippen molar-refractivity contribution in [2.24, 2.45) is 0 Å². The van der Waals surface area contributed by atoms with Crippen LogP contribution in [0.3, 0.4) is 0 Å². The third-order valence-electron chi connectivity index (χ3n) is 3.71. The maximum atomic E-state index is 11.4. The average molecular weight is 419 g/mol. The van der Waals surface area contributed by atoms with Gasteiger partial charge in [0.1, 0.15) is 5.75 Å². The number of aliphatic hydroxyl groups excluding tert-OH is 1. The van der Waals surface area contributed by atoms with E-state index in [9.17, 15) is 18.6 Å². The van der Waals surface area contributed by atoms with Gasteiger partial charge in [0.05, 0.1) is 18.0 Å². The van der Waals surface area contributed by atoms with Gasteiger partial charge in [-0.3, -0.25) is 4.72 Å². The Morgan fingerprint density at radius 1 is 1.15 bits per heavy atom. The number of sulfonamides is 1. The molecule has 0 radical (unpaired) electrons. The summed E-state index contributed by atoms with van der Waals surface area (Å²) in [4.78, 5) is 0. The Labute approximate surface area is 162 Å². The molecule has 26 heavy (non-hydrogen) atoms. The summed E-state index contributed by atoms with van der Waals surface area (Å²) in [5.74, 6) is -0.315. The van der Waals surface area contributed by atoms with E-state index in [4.69, 9.17) is 23.2 Å². The second-order valence-electron chi connectivity index (χ2n) is 6.01. The van der Waals surface area contributed by atoms with Gasteiger partial charge in [-0.1, -0.05) is 35.3 Å². The van der Waals surface area contributed by atoms with Crippen molar-refractivity contribution in [2.45, 2.75) is 25.6 Å². The van der Waals surface area contributed by atoms with Crippen LogP contribution in [0.25, 0.3) is 0 Å². The number of hydrogen-bond donors (Lipinski definition) is 4. The Morgan fingerprint density at radius 2 is 1.77 bits per heavy atom. The minimum Gasteiger partial charge on any atom is -0.505 e. The van der Waals surface area contributed by atoms with Crippen LogP contribution in [0.2, 0.25) is 10.0 Å². The molecule has 0 spiro atoms. The number of phenolic OH excluding ortho intramolecular Hbond substituents is 1. The molecule has 0 saturated carbocycles. The number of aromatic hydroxyl groups is 1. The third kappa shape index (κ3) is 5.75. The smallest absolute Gasteiger partial charge is 0.229 e. The van der Waals surface area contributed by atoms with Crippen LogP contribution in [0.5, 0.6) is 5.75 Å². The minimum atomic E-state index is -3.55. The first-order chi connectivity index (χ1) is 12.1. The van der Waals surface area contributed by atoms with E-state index in [1.54, 1.807) is 31.2 Å². The van der Waals surface area contributed by atoms with E-state index in [-0.39, 0.29) is 17.0 Å². The highest BCUT2D eigenvalue weighted by Crippen LogP contribution is 2.33. The summed E-state index contributed by atoms with van der Waals surface area (Å²) in [5.41, 5.74) is 1.07. The highest BCUT2D eigenvalue weighted by molar-refractivity contribution is 7.92. The number of aliphatic hydroxyl groups is 1. The summed E-state index contributed by atoms with van der Waals surface area (Å²) in [6.07, 6.45) is -0.0819. The number of halogens is 2. The molecule has 0 bridgehead atoms. The maximum Gasteiger partial charge on any atom is 0.229 e. The molecule has 2 atom stereocenters. The normalized spacial score (nSPS) is 14.0. The topological polar surface area (TPSA) is 98.7 Å². The Bertz CT molecular complexity index is 870. The Hall–Kier alpha value is -1.51. The van der Waals surface area contributed by atoms with Gasteiger partial charge in [-0.25, -0.2) is 8.42 Å². The summed E-state index contributed by atoms with van der Waals surface area (Å²) in [7, 11) is -3.55. The van der Waals surface area contributed by atoms with Gasteiger partial charge in [-0.05, 0) is 36.8 Å². The molecule has 0 saturated heterocycles. The summed E-state index contributed by atoms with van der Waals surface area (Å²) in [6.45, 7) is 2.15. The standard InChI is InChI=1S/C17H20Cl2N2O4S/c1-10(20-9-11-6-12(18)8-13(19)7-11)16(22)14-4-3-5-15(17(14)23)21-26(2,24)25/h3-8,10,16,20-23H,9H2,1-2H3/t10-,16-/m0/s1. The van der Waals surface area contributed by atoms with Gasteiger partial charge in [-0.2, -0.15) is 0 Å². The van der Waals surface area contributed by atoms with E-state index in [0.717, 1.165) is 11.8 Å². The quantitative estimate of drug-likeness (QED) is 0.517. The highest BCUT2D eigenvalue weighted by Gasteiger charge is 2.21. The van der Waals surface area contributed by atoms with E-state index in [1.807, 2.05) is 0 Å². The molecule has 142 valence electrons. The van der Waals surface area contributed by atoms with Crippen LogP contribution in [-0.4, -0.2) is 30.9 Å². The molecule has 0 aliphatic heterocycles. The molecular formula is C17H20Cl2N2O4S. The number of benzene rings is 2. The molecule has 4 N–H and O–H groups in total. The lowest BCUT2D eigenvalue weighted by Crippen LogP contribution is -2.31. The zero-order valence-corrected chi connectivity index (χ0v) is 16.5. The number of para-hydroxylation sites is 1. The van der Waals surface area contributed by atoms with E-state index in [0.29, 0.717) is 16.6 Å². The van der Waals surface area contributed by atoms with Crippen LogP contribution in [0.1, 0.15) is 24.2 Å². The zero-order chi connectivity index (χ0) is 19.5. The molecule has 0 fully saturated rings. The van der Waals surface area contributed by atoms with E-state index in [2.05, 4.69) is 10.0 Å². The molecule has 9 heteroatoms. The number of anilines is 1. The van der Waals surface area contributed by atoms with Crippen molar-refractivity contribution in [3.05, 3.63) is 57.6 Å². The van der Waals surface area contributed by atoms with Crippen molar-refractivity contribution in [3.63, 3.8) is 0 Å². The van der Waals surface area contributed by atoms with Crippen LogP contribution in [-0.2, 0) is 16.6 Å². The van der Waals surface area contributed by atoms with Crippen molar-refractivity contribution in [1.29, 1.82) is 0 Å². The third-order valence-corrected chi connectivity index (χ3v) is 4.73. The van der Waals surface area contributed by atoms with Crippen molar-refractivity contribution in [2.75, 3.05) is 11.0 Å². The lowest BCUT2D eigenvalue weighted by Gasteiger charge is -2.22. The molecule has 0 aliphatic rings. The fourth-order valence-electron chi connectivity index (χ4n) is 2.45. The molecule has 0 heterocycles. The van der Waals surface area contributed by atoms with Crippen molar-refractivity contribution in [3.8, 4) is 5.75 Å². The van der Waals surface area contributed by atoms with Crippen molar-refractivity contribution < 1.29 is 18.6 Å². The second kappa shape index (κ2) is 8.45. The predicted octanol–water partition coefficient (Wildman–Crippen LogP) is 3.28. The Balaban J connectivity index is 2.12. The molecule has 0 aliphatic carbocycles. The highest BCUT2D eigenvalue weighted by atomic mass is 35.5. The predicted molar refractivity (Wildman–Crippen MR) is 104 cm³/mol. The Kier molecular flexibility index (Phi) is 6.76. The van der Waals surface area contributed by atoms with Gasteiger partial charge >= 0.3 is 0 Å². The van der Waals surface area contributed by atoms with Crippen molar-refractivity contribution in [1.82, 2.24) is 5.32 Å². The summed E-state index contributed by atoms with van der Waals surface area (Å²) < 4.78 is 24.9. The lowest BCUT2D eigenvalue weighted by atomic mass is 10.0. The number of rotatable bonds is 7. The number of nitrogens with one attached hydrogen (secondary N) is 2. The molecule has 0 aromatic heterocycles. The van der Waals surface area contributed by atoms with Crippen LogP contribution >= 0.6 is 23.2 Å². The second-order valence-corrected chi connectivity index (χ2v) is 8.63. The molecule has 2 aromatic rings. The zero-order valence-electron chi connectivity index (χ0n) is 14.2. The average Bonchev–Trinajstić information content (AvgIpc) is 2.52. The monoisotopic (exact) mass is 418 g/mol. The van der Waals surface area contributed by atoms with Gasteiger partial charge in [-0.15, -0.1) is 0 Å². The fourth-order valence-corrected chi connectivity index (χ4v) is 3.59. The van der Waals surface area contributed by atoms with E-state index in [1.165, 1.54) is 12.1 Å². The number of phenols is 1. The molecule has 2 rings (SSSR count). The van der Waals surface area contributed by atoms with E-state index >= 15 is 0 Å². The minimum absolute atomic E-state index is 0.0119. The summed E-state index contributed by atoms with van der Waals surface area (Å²) in [6, 6.07) is 9.20. The lowest BCUT2D eigenvalue weighted by molar-refractivity contribution is 0.132. The van der Waals surface area contributed by atoms with E-state index < -0.39 is 22.2 Å². The summed E-state index contributed by atoms with van der Waals surface area (Å²) in [5, 5.41) is 25.0. The first-order valence-electron chi connectivity index (χ1n) is 7.73. The van der Waals surface area contributed by atoms with Gasteiger partial charge in [0, 0.05) is 28.2 Å². The van der Waals surface area contributed by atoms with Crippen LogP contribution in [0, 0.1) is 0 Å². The molecule has 6 nitrogen and oxygen atoms in total. The largest absolute Gasteiger partial charge is 0.505 e. The Morgan fingerprint density at radius 3 is 2.35 bits per heavy atom. The van der Waals surface area contributed by atoms with Crippen LogP contribution < -0.4 is 10.0 Å². The summed E-state index contributed by atoms with van der Waals surface area (Å²) >= 11 is 11.9. The molecule has 0 amide bonds. The first-order valence-corrected chi connectivity index (χ1v) is 10.4. The van der Waals surface area contributed by atoms with Gasteiger partial charge in [0.15, 0.2) is 0 Å². The fraction of sp³-hybridized carbons (Fsp3) is 0.294. The maximum absolute atomic E-state index is 11.4. The van der Waals surface area contributed by atoms with Crippen molar-refractivity contribution >= 4 is 38.9 Å².